The number of Topliss-reactive ketones (excluding diaryl/α,β-unsaturated/α-hetero) is 1. The lowest BCUT2D eigenvalue weighted by atomic mass is 10.1. The number of fused-ring (bicyclic) bond motifs is 1. The van der Waals surface area contributed by atoms with Crippen molar-refractivity contribution in [1.29, 1.82) is 0 Å². The fourth-order valence-corrected chi connectivity index (χ4v) is 3.98. The van der Waals surface area contributed by atoms with Crippen molar-refractivity contribution in [2.75, 3.05) is 6.26 Å². The van der Waals surface area contributed by atoms with Gasteiger partial charge in [-0.2, -0.15) is 8.78 Å². The van der Waals surface area contributed by atoms with E-state index in [9.17, 15) is 26.4 Å². The van der Waals surface area contributed by atoms with Crippen LogP contribution in [0.2, 0.25) is 0 Å². The molecule has 0 aliphatic heterocycles. The maximum Gasteiger partial charge on any atom is 0.313 e. The molecule has 0 aromatic heterocycles. The van der Waals surface area contributed by atoms with E-state index >= 15 is 0 Å². The summed E-state index contributed by atoms with van der Waals surface area (Å²) in [7, 11) is -3.89. The predicted molar refractivity (Wildman–Crippen MR) is 86.7 cm³/mol. The Labute approximate surface area is 149 Å². The number of rotatable bonds is 3. The van der Waals surface area contributed by atoms with Gasteiger partial charge in [0, 0.05) is 34.3 Å². The largest absolute Gasteiger partial charge is 0.457 e. The van der Waals surface area contributed by atoms with Crippen LogP contribution >= 0.6 is 15.9 Å². The lowest BCUT2D eigenvalue weighted by molar-refractivity contribution is 0.0165. The van der Waals surface area contributed by atoms with Gasteiger partial charge < -0.3 is 4.74 Å². The van der Waals surface area contributed by atoms with Crippen LogP contribution < -0.4 is 4.74 Å². The molecule has 0 amide bonds. The van der Waals surface area contributed by atoms with E-state index in [4.69, 9.17) is 4.74 Å². The third-order valence-electron chi connectivity index (χ3n) is 3.65. The lowest BCUT2D eigenvalue weighted by Crippen LogP contribution is -2.24. The van der Waals surface area contributed by atoms with E-state index < -0.39 is 44.2 Å². The Morgan fingerprint density at radius 2 is 1.88 bits per heavy atom. The van der Waals surface area contributed by atoms with Gasteiger partial charge in [0.05, 0.1) is 4.90 Å². The molecule has 25 heavy (non-hydrogen) atoms. The molecule has 3 rings (SSSR count). The molecule has 1 aliphatic carbocycles. The summed E-state index contributed by atoms with van der Waals surface area (Å²) in [6, 6.07) is 5.85. The van der Waals surface area contributed by atoms with Gasteiger partial charge in [-0.15, -0.1) is 0 Å². The van der Waals surface area contributed by atoms with Crippen molar-refractivity contribution in [2.45, 2.75) is 17.2 Å². The number of ketones is 1. The summed E-state index contributed by atoms with van der Waals surface area (Å²) in [5.41, 5.74) is -0.779. The zero-order chi connectivity index (χ0) is 18.6. The Balaban J connectivity index is 2.17. The van der Waals surface area contributed by atoms with Crippen molar-refractivity contribution in [3.8, 4) is 11.5 Å². The first-order valence-electron chi connectivity index (χ1n) is 6.91. The molecule has 9 heteroatoms. The molecule has 2 aromatic carbocycles. The first kappa shape index (κ1) is 17.9. The molecule has 0 saturated carbocycles. The van der Waals surface area contributed by atoms with Crippen molar-refractivity contribution in [3.05, 3.63) is 51.7 Å². The predicted octanol–water partition coefficient (Wildman–Crippen LogP) is 4.16. The topological polar surface area (TPSA) is 60.4 Å². The Hall–Kier alpha value is -1.87. The fourth-order valence-electron chi connectivity index (χ4n) is 2.64. The van der Waals surface area contributed by atoms with Gasteiger partial charge in [0.15, 0.2) is 9.84 Å². The van der Waals surface area contributed by atoms with Crippen molar-refractivity contribution in [3.63, 3.8) is 0 Å². The van der Waals surface area contributed by atoms with Gasteiger partial charge in [0.2, 0.25) is 5.78 Å². The molecule has 0 saturated heterocycles. The highest BCUT2D eigenvalue weighted by Gasteiger charge is 2.50. The number of hydrogen-bond acceptors (Lipinski definition) is 4. The molecule has 0 heterocycles. The minimum Gasteiger partial charge on any atom is -0.457 e. The third-order valence-corrected chi connectivity index (χ3v) is 5.25. The molecule has 0 unspecified atom stereocenters. The molecule has 0 spiro atoms. The van der Waals surface area contributed by atoms with E-state index in [-0.39, 0.29) is 17.1 Å². The number of sulfone groups is 1. The Morgan fingerprint density at radius 1 is 1.20 bits per heavy atom. The highest BCUT2D eigenvalue weighted by Crippen LogP contribution is 2.43. The molecule has 2 aromatic rings. The third kappa shape index (κ3) is 3.30. The minimum atomic E-state index is -3.89. The molecule has 0 bridgehead atoms. The van der Waals surface area contributed by atoms with Gasteiger partial charge in [0.25, 0.3) is 0 Å². The first-order valence-corrected chi connectivity index (χ1v) is 9.60. The van der Waals surface area contributed by atoms with Gasteiger partial charge >= 0.3 is 5.92 Å². The van der Waals surface area contributed by atoms with E-state index in [2.05, 4.69) is 15.9 Å². The smallest absolute Gasteiger partial charge is 0.313 e. The van der Waals surface area contributed by atoms with Crippen LogP contribution in [-0.2, 0) is 16.3 Å². The highest BCUT2D eigenvalue weighted by molar-refractivity contribution is 9.10. The van der Waals surface area contributed by atoms with E-state index in [1.54, 1.807) is 0 Å². The molecule has 0 N–H and O–H groups in total. The molecule has 0 fully saturated rings. The Morgan fingerprint density at radius 3 is 2.48 bits per heavy atom. The van der Waals surface area contributed by atoms with Crippen LogP contribution in [0.15, 0.2) is 39.7 Å². The molecule has 132 valence electrons. The summed E-state index contributed by atoms with van der Waals surface area (Å²) >= 11 is 3.08. The summed E-state index contributed by atoms with van der Waals surface area (Å²) in [6.07, 6.45) is -0.146. The van der Waals surface area contributed by atoms with Crippen molar-refractivity contribution in [1.82, 2.24) is 0 Å². The minimum absolute atomic E-state index is 0.0174. The van der Waals surface area contributed by atoms with E-state index in [0.717, 1.165) is 18.4 Å². The maximum atomic E-state index is 13.9. The van der Waals surface area contributed by atoms with Gasteiger partial charge in [0.1, 0.15) is 17.3 Å². The molecular formula is C16H10BrF3O4S. The average Bonchev–Trinajstić information content (AvgIpc) is 2.68. The number of benzene rings is 2. The summed E-state index contributed by atoms with van der Waals surface area (Å²) in [4.78, 5) is 11.5. The number of hydrogen-bond donors (Lipinski definition) is 0. The summed E-state index contributed by atoms with van der Waals surface area (Å²) in [5.74, 6) is -6.00. The van der Waals surface area contributed by atoms with Crippen molar-refractivity contribution >= 4 is 31.6 Å². The molecule has 0 atom stereocenters. The molecular weight excluding hydrogens is 425 g/mol. The summed E-state index contributed by atoms with van der Waals surface area (Å²) < 4.78 is 70.6. The molecule has 1 aliphatic rings. The maximum absolute atomic E-state index is 13.9. The zero-order valence-corrected chi connectivity index (χ0v) is 15.0. The number of carbonyl (C=O) groups is 1. The molecule has 4 nitrogen and oxygen atoms in total. The lowest BCUT2D eigenvalue weighted by Gasteiger charge is -2.12. The summed E-state index contributed by atoms with van der Waals surface area (Å²) in [6.45, 7) is 0. The van der Waals surface area contributed by atoms with Crippen LogP contribution in [0.1, 0.15) is 15.9 Å². The number of alkyl halides is 2. The number of ether oxygens (including phenoxy) is 1. The van der Waals surface area contributed by atoms with Gasteiger partial charge in [-0.25, -0.2) is 12.8 Å². The van der Waals surface area contributed by atoms with Gasteiger partial charge in [-0.05, 0) is 24.3 Å². The van der Waals surface area contributed by atoms with Crippen LogP contribution in [0, 0.1) is 5.82 Å². The number of carbonyl (C=O) groups excluding carboxylic acids is 1. The van der Waals surface area contributed by atoms with Crippen molar-refractivity contribution in [2.24, 2.45) is 0 Å². The van der Waals surface area contributed by atoms with E-state index in [0.29, 0.717) is 4.47 Å². The fraction of sp³-hybridized carbons (Fsp3) is 0.188. The van der Waals surface area contributed by atoms with Gasteiger partial charge in [-0.1, -0.05) is 15.9 Å². The van der Waals surface area contributed by atoms with Crippen LogP contribution in [0.3, 0.4) is 0 Å². The monoisotopic (exact) mass is 434 g/mol. The second-order valence-corrected chi connectivity index (χ2v) is 8.50. The standard InChI is InChI=1S/C16H10BrF3O4S/c1-25(22,23)13-3-2-12(11-7-16(19,20)15(21)14(11)13)24-10-5-8(17)4-9(18)6-10/h2-6H,7H2,1H3. The Kier molecular flexibility index (Phi) is 4.19. The van der Waals surface area contributed by atoms with Crippen molar-refractivity contribution < 1.29 is 31.1 Å². The Bertz CT molecular complexity index is 982. The quantitative estimate of drug-likeness (QED) is 0.727. The zero-order valence-electron chi connectivity index (χ0n) is 12.6. The van der Waals surface area contributed by atoms with Crippen LogP contribution in [0.5, 0.6) is 11.5 Å². The summed E-state index contributed by atoms with van der Waals surface area (Å²) in [5, 5.41) is 0. The SMILES string of the molecule is CS(=O)(=O)c1ccc(Oc2cc(F)cc(Br)c2)c2c1C(=O)C(F)(F)C2. The average molecular weight is 435 g/mol. The van der Waals surface area contributed by atoms with Crippen LogP contribution in [0.4, 0.5) is 13.2 Å². The van der Waals surface area contributed by atoms with E-state index in [1.165, 1.54) is 18.2 Å². The number of halogens is 4. The second kappa shape index (κ2) is 5.84. The molecule has 0 radical (unpaired) electrons. The highest BCUT2D eigenvalue weighted by atomic mass is 79.9. The van der Waals surface area contributed by atoms with Gasteiger partial charge in [-0.3, -0.25) is 4.79 Å². The van der Waals surface area contributed by atoms with E-state index in [1.807, 2.05) is 0 Å². The first-order chi connectivity index (χ1) is 11.5. The van der Waals surface area contributed by atoms with Crippen LogP contribution in [0.25, 0.3) is 0 Å². The normalized spacial score (nSPS) is 16.0. The van der Waals surface area contributed by atoms with Crippen LogP contribution in [-0.4, -0.2) is 26.4 Å². The second-order valence-electron chi connectivity index (χ2n) is 5.61.